The van der Waals surface area contributed by atoms with Gasteiger partial charge < -0.3 is 10.4 Å². The minimum atomic E-state index is -0.815. The molecule has 0 aliphatic heterocycles. The zero-order chi connectivity index (χ0) is 13.0. The molecule has 1 aromatic rings. The molecule has 0 unspecified atom stereocenters. The fourth-order valence-electron chi connectivity index (χ4n) is 1.99. The zero-order valence-electron chi connectivity index (χ0n) is 10.0. The average molecular weight is 252 g/mol. The second-order valence-corrected chi connectivity index (χ2v) is 4.63. The first kappa shape index (κ1) is 12.5. The molecular formula is C11H16N4O3. The Hall–Kier alpha value is -1.92. The van der Waals surface area contributed by atoms with Gasteiger partial charge in [0.05, 0.1) is 18.2 Å². The monoisotopic (exact) mass is 252 g/mol. The van der Waals surface area contributed by atoms with Gasteiger partial charge in [-0.2, -0.15) is 0 Å². The molecule has 0 aromatic carbocycles. The molecule has 0 radical (unpaired) electrons. The van der Waals surface area contributed by atoms with Gasteiger partial charge in [0.2, 0.25) is 5.91 Å². The SMILES string of the molecule is O=C(CCn1ccnn1)NCC1(C(=O)O)CCC1. The van der Waals surface area contributed by atoms with Crippen LogP contribution in [0.4, 0.5) is 0 Å². The van der Waals surface area contributed by atoms with E-state index in [0.717, 1.165) is 6.42 Å². The first-order valence-electron chi connectivity index (χ1n) is 5.97. The molecule has 1 saturated carbocycles. The Labute approximate surface area is 104 Å². The van der Waals surface area contributed by atoms with E-state index in [4.69, 9.17) is 5.11 Å². The molecule has 1 aliphatic rings. The van der Waals surface area contributed by atoms with Gasteiger partial charge in [-0.05, 0) is 12.8 Å². The maximum atomic E-state index is 11.6. The van der Waals surface area contributed by atoms with E-state index in [1.165, 1.54) is 0 Å². The molecule has 1 fully saturated rings. The third-order valence-electron chi connectivity index (χ3n) is 3.43. The predicted molar refractivity (Wildman–Crippen MR) is 61.6 cm³/mol. The van der Waals surface area contributed by atoms with Crippen LogP contribution in [-0.2, 0) is 16.1 Å². The minimum absolute atomic E-state index is 0.155. The smallest absolute Gasteiger partial charge is 0.311 e. The van der Waals surface area contributed by atoms with E-state index in [2.05, 4.69) is 15.6 Å². The van der Waals surface area contributed by atoms with Crippen molar-refractivity contribution in [3.63, 3.8) is 0 Å². The normalized spacial score (nSPS) is 16.9. The molecule has 1 aromatic heterocycles. The average Bonchev–Trinajstić information content (AvgIpc) is 2.77. The van der Waals surface area contributed by atoms with Gasteiger partial charge in [0, 0.05) is 19.2 Å². The number of carboxylic acid groups (broad SMARTS) is 1. The van der Waals surface area contributed by atoms with Gasteiger partial charge in [0.25, 0.3) is 0 Å². The fraction of sp³-hybridized carbons (Fsp3) is 0.636. The lowest BCUT2D eigenvalue weighted by Crippen LogP contribution is -2.47. The number of hydrogen-bond donors (Lipinski definition) is 2. The van der Waals surface area contributed by atoms with Crippen LogP contribution < -0.4 is 5.32 Å². The maximum absolute atomic E-state index is 11.6. The number of rotatable bonds is 6. The Bertz CT molecular complexity index is 426. The minimum Gasteiger partial charge on any atom is -0.481 e. The van der Waals surface area contributed by atoms with Crippen LogP contribution in [0.15, 0.2) is 12.4 Å². The van der Waals surface area contributed by atoms with Crippen LogP contribution in [0.25, 0.3) is 0 Å². The molecule has 2 rings (SSSR count). The molecule has 98 valence electrons. The van der Waals surface area contributed by atoms with Crippen LogP contribution in [0.1, 0.15) is 25.7 Å². The summed E-state index contributed by atoms with van der Waals surface area (Å²) in [7, 11) is 0. The van der Waals surface area contributed by atoms with Crippen molar-refractivity contribution in [2.45, 2.75) is 32.2 Å². The maximum Gasteiger partial charge on any atom is 0.311 e. The summed E-state index contributed by atoms with van der Waals surface area (Å²) in [5, 5.41) is 19.2. The Kier molecular flexibility index (Phi) is 3.59. The molecule has 7 nitrogen and oxygen atoms in total. The van der Waals surface area contributed by atoms with E-state index >= 15 is 0 Å². The van der Waals surface area contributed by atoms with E-state index < -0.39 is 11.4 Å². The van der Waals surface area contributed by atoms with Crippen LogP contribution in [-0.4, -0.2) is 38.5 Å². The summed E-state index contributed by atoms with van der Waals surface area (Å²) in [5.41, 5.74) is -0.733. The highest BCUT2D eigenvalue weighted by Crippen LogP contribution is 2.40. The molecule has 1 aliphatic carbocycles. The van der Waals surface area contributed by atoms with Crippen LogP contribution in [0.3, 0.4) is 0 Å². The van der Waals surface area contributed by atoms with Crippen molar-refractivity contribution in [3.8, 4) is 0 Å². The van der Waals surface area contributed by atoms with Crippen molar-refractivity contribution in [2.75, 3.05) is 6.54 Å². The van der Waals surface area contributed by atoms with Gasteiger partial charge in [0.15, 0.2) is 0 Å². The topological polar surface area (TPSA) is 97.1 Å². The number of nitrogens with zero attached hydrogens (tertiary/aromatic N) is 3. The molecule has 0 bridgehead atoms. The molecule has 7 heteroatoms. The van der Waals surface area contributed by atoms with Crippen molar-refractivity contribution < 1.29 is 14.7 Å². The van der Waals surface area contributed by atoms with E-state index in [1.807, 2.05) is 0 Å². The van der Waals surface area contributed by atoms with E-state index in [9.17, 15) is 9.59 Å². The summed E-state index contributed by atoms with van der Waals surface area (Å²) >= 11 is 0. The van der Waals surface area contributed by atoms with Crippen molar-refractivity contribution in [2.24, 2.45) is 5.41 Å². The molecule has 0 saturated heterocycles. The highest BCUT2D eigenvalue weighted by Gasteiger charge is 2.44. The molecule has 1 amide bonds. The van der Waals surface area contributed by atoms with E-state index in [1.54, 1.807) is 17.1 Å². The Morgan fingerprint density at radius 3 is 2.72 bits per heavy atom. The third kappa shape index (κ3) is 2.66. The molecule has 0 atom stereocenters. The van der Waals surface area contributed by atoms with Crippen LogP contribution >= 0.6 is 0 Å². The molecule has 1 heterocycles. The molecule has 0 spiro atoms. The molecular weight excluding hydrogens is 236 g/mol. The van der Waals surface area contributed by atoms with Crippen molar-refractivity contribution in [3.05, 3.63) is 12.4 Å². The summed E-state index contributed by atoms with van der Waals surface area (Å²) in [6.07, 6.45) is 5.71. The lowest BCUT2D eigenvalue weighted by molar-refractivity contribution is -0.154. The number of hydrogen-bond acceptors (Lipinski definition) is 4. The van der Waals surface area contributed by atoms with Crippen molar-refractivity contribution in [1.29, 1.82) is 0 Å². The number of nitrogens with one attached hydrogen (secondary N) is 1. The summed E-state index contributed by atoms with van der Waals surface area (Å²) in [6, 6.07) is 0. The second-order valence-electron chi connectivity index (χ2n) is 4.63. The van der Waals surface area contributed by atoms with Gasteiger partial charge >= 0.3 is 5.97 Å². The first-order valence-corrected chi connectivity index (χ1v) is 5.97. The number of carbonyl (C=O) groups is 2. The summed E-state index contributed by atoms with van der Waals surface area (Å²) in [6.45, 7) is 0.671. The zero-order valence-corrected chi connectivity index (χ0v) is 10.0. The third-order valence-corrected chi connectivity index (χ3v) is 3.43. The van der Waals surface area contributed by atoms with Crippen LogP contribution in [0.2, 0.25) is 0 Å². The predicted octanol–water partition coefficient (Wildman–Crippen LogP) is 0.0393. The Morgan fingerprint density at radius 1 is 1.44 bits per heavy atom. The van der Waals surface area contributed by atoms with Gasteiger partial charge in [0.1, 0.15) is 0 Å². The lowest BCUT2D eigenvalue weighted by Gasteiger charge is -2.37. The van der Waals surface area contributed by atoms with Gasteiger partial charge in [-0.1, -0.05) is 11.6 Å². The highest BCUT2D eigenvalue weighted by molar-refractivity contribution is 5.79. The highest BCUT2D eigenvalue weighted by atomic mass is 16.4. The van der Waals surface area contributed by atoms with E-state index in [-0.39, 0.29) is 18.9 Å². The quantitative estimate of drug-likeness (QED) is 0.745. The van der Waals surface area contributed by atoms with Gasteiger partial charge in [-0.3, -0.25) is 14.3 Å². The van der Waals surface area contributed by atoms with Crippen molar-refractivity contribution in [1.82, 2.24) is 20.3 Å². The van der Waals surface area contributed by atoms with E-state index in [0.29, 0.717) is 19.4 Å². The summed E-state index contributed by atoms with van der Waals surface area (Å²) in [4.78, 5) is 22.7. The number of aliphatic carboxylic acids is 1. The molecule has 2 N–H and O–H groups in total. The number of aromatic nitrogens is 3. The number of aryl methyl sites for hydroxylation is 1. The Balaban J connectivity index is 1.73. The van der Waals surface area contributed by atoms with Crippen LogP contribution in [0, 0.1) is 5.41 Å². The van der Waals surface area contributed by atoms with Gasteiger partial charge in [-0.15, -0.1) is 5.10 Å². The largest absolute Gasteiger partial charge is 0.481 e. The van der Waals surface area contributed by atoms with Gasteiger partial charge in [-0.25, -0.2) is 0 Å². The lowest BCUT2D eigenvalue weighted by atomic mass is 9.69. The van der Waals surface area contributed by atoms with Crippen LogP contribution in [0.5, 0.6) is 0 Å². The van der Waals surface area contributed by atoms with Crippen molar-refractivity contribution >= 4 is 11.9 Å². The standard InChI is InChI=1S/C11H16N4O3/c16-9(2-6-15-7-5-13-14-15)12-8-11(10(17)18)3-1-4-11/h5,7H,1-4,6,8H2,(H,12,16)(H,17,18). The number of carboxylic acids is 1. The molecule has 18 heavy (non-hydrogen) atoms. The summed E-state index contributed by atoms with van der Waals surface area (Å²) < 4.78 is 1.57. The fourth-order valence-corrected chi connectivity index (χ4v) is 1.99. The Morgan fingerprint density at radius 2 is 2.22 bits per heavy atom. The second kappa shape index (κ2) is 5.16. The number of carbonyl (C=O) groups excluding carboxylic acids is 1. The summed E-state index contributed by atoms with van der Waals surface area (Å²) in [5.74, 6) is -0.969. The first-order chi connectivity index (χ1) is 8.62. The number of amides is 1.